The first kappa shape index (κ1) is 22.7. The smallest absolute Gasteiger partial charge is 0.150 e. The minimum absolute atomic E-state index is 0.619. The van der Waals surface area contributed by atoms with Crippen molar-refractivity contribution >= 4 is 23.3 Å². The van der Waals surface area contributed by atoms with E-state index in [1.165, 1.54) is 19.3 Å². The van der Waals surface area contributed by atoms with Crippen LogP contribution in [0.5, 0.6) is 5.75 Å². The molecule has 1 unspecified atom stereocenters. The van der Waals surface area contributed by atoms with Crippen LogP contribution in [0.25, 0.3) is 21.9 Å². The van der Waals surface area contributed by atoms with E-state index < -0.39 is 0 Å². The molecule has 3 aromatic carbocycles. The van der Waals surface area contributed by atoms with Gasteiger partial charge in [0.1, 0.15) is 18.3 Å². The number of hydrogen-bond donors (Lipinski definition) is 0. The standard InChI is InChI=1S/C28H32O3/c1-20(2)5-4-6-21(3)13-14-31-26-11-9-24(10-12-26)27-17-23(19-30)15-25-8-7-22(18-29)16-28(25)27/h7-12,15-21H,4-6,13-14H2,1-3H3. The molecule has 3 aromatic rings. The average Bonchev–Trinajstić information content (AvgIpc) is 2.78. The summed E-state index contributed by atoms with van der Waals surface area (Å²) >= 11 is 0. The van der Waals surface area contributed by atoms with E-state index in [2.05, 4.69) is 20.8 Å². The third-order valence-electron chi connectivity index (χ3n) is 5.80. The molecule has 0 spiro atoms. The first-order valence-corrected chi connectivity index (χ1v) is 11.2. The number of fused-ring (bicyclic) bond motifs is 1. The molecule has 0 N–H and O–H groups in total. The molecule has 1 atom stereocenters. The molecule has 0 aromatic heterocycles. The van der Waals surface area contributed by atoms with Gasteiger partial charge in [0.05, 0.1) is 6.61 Å². The Hall–Kier alpha value is -2.94. The molecule has 3 rings (SSSR count). The summed E-state index contributed by atoms with van der Waals surface area (Å²) in [5.74, 6) is 2.29. The Kier molecular flexibility index (Phi) is 8.00. The highest BCUT2D eigenvalue weighted by Crippen LogP contribution is 2.32. The van der Waals surface area contributed by atoms with Gasteiger partial charge < -0.3 is 4.74 Å². The molecule has 162 valence electrons. The molecule has 3 heteroatoms. The van der Waals surface area contributed by atoms with Crippen LogP contribution in [0.1, 0.15) is 67.2 Å². The lowest BCUT2D eigenvalue weighted by Gasteiger charge is -2.14. The second-order valence-corrected chi connectivity index (χ2v) is 8.88. The second-order valence-electron chi connectivity index (χ2n) is 8.88. The van der Waals surface area contributed by atoms with Gasteiger partial charge in [0.2, 0.25) is 0 Å². The Bertz CT molecular complexity index is 1020. The molecular weight excluding hydrogens is 384 g/mol. The number of ether oxygens (including phenoxy) is 1. The van der Waals surface area contributed by atoms with Crippen molar-refractivity contribution in [3.8, 4) is 16.9 Å². The fourth-order valence-corrected chi connectivity index (χ4v) is 3.91. The number of aldehydes is 2. The van der Waals surface area contributed by atoms with Crippen LogP contribution >= 0.6 is 0 Å². The predicted molar refractivity (Wildman–Crippen MR) is 128 cm³/mol. The van der Waals surface area contributed by atoms with Crippen LogP contribution in [-0.4, -0.2) is 19.2 Å². The third kappa shape index (κ3) is 6.27. The van der Waals surface area contributed by atoms with Crippen molar-refractivity contribution < 1.29 is 14.3 Å². The van der Waals surface area contributed by atoms with Gasteiger partial charge in [-0.3, -0.25) is 9.59 Å². The molecule has 0 radical (unpaired) electrons. The van der Waals surface area contributed by atoms with Gasteiger partial charge in [-0.25, -0.2) is 0 Å². The van der Waals surface area contributed by atoms with Crippen LogP contribution in [-0.2, 0) is 0 Å². The summed E-state index contributed by atoms with van der Waals surface area (Å²) in [7, 11) is 0. The third-order valence-corrected chi connectivity index (χ3v) is 5.80. The normalized spacial score (nSPS) is 12.1. The molecule has 31 heavy (non-hydrogen) atoms. The van der Waals surface area contributed by atoms with Gasteiger partial charge in [0.15, 0.2) is 0 Å². The summed E-state index contributed by atoms with van der Waals surface area (Å²) in [5.41, 5.74) is 3.17. The monoisotopic (exact) mass is 416 g/mol. The Morgan fingerprint density at radius 1 is 0.806 bits per heavy atom. The molecular formula is C28H32O3. The number of carbonyl (C=O) groups excluding carboxylic acids is 2. The zero-order valence-corrected chi connectivity index (χ0v) is 18.8. The van der Waals surface area contributed by atoms with E-state index in [9.17, 15) is 9.59 Å². The lowest BCUT2D eigenvalue weighted by atomic mass is 9.94. The van der Waals surface area contributed by atoms with Gasteiger partial charge >= 0.3 is 0 Å². The van der Waals surface area contributed by atoms with Crippen molar-refractivity contribution in [1.82, 2.24) is 0 Å². The van der Waals surface area contributed by atoms with Gasteiger partial charge in [-0.15, -0.1) is 0 Å². The number of rotatable bonds is 11. The largest absolute Gasteiger partial charge is 0.494 e. The van der Waals surface area contributed by atoms with Crippen LogP contribution in [0, 0.1) is 11.8 Å². The topological polar surface area (TPSA) is 43.4 Å². The van der Waals surface area contributed by atoms with E-state index in [1.807, 2.05) is 48.5 Å². The van der Waals surface area contributed by atoms with E-state index in [4.69, 9.17) is 4.74 Å². The van der Waals surface area contributed by atoms with Crippen LogP contribution in [0.2, 0.25) is 0 Å². The Balaban J connectivity index is 1.69. The highest BCUT2D eigenvalue weighted by molar-refractivity contribution is 6.02. The molecule has 0 aliphatic rings. The SMILES string of the molecule is CC(C)CCCC(C)CCOc1ccc(-c2cc(C=O)cc3ccc(C=O)cc23)cc1. The maximum absolute atomic E-state index is 11.4. The maximum Gasteiger partial charge on any atom is 0.150 e. The molecule has 0 amide bonds. The molecule has 0 saturated heterocycles. The molecule has 0 fully saturated rings. The predicted octanol–water partition coefficient (Wildman–Crippen LogP) is 7.36. The van der Waals surface area contributed by atoms with Crippen LogP contribution in [0.4, 0.5) is 0 Å². The highest BCUT2D eigenvalue weighted by Gasteiger charge is 2.09. The minimum Gasteiger partial charge on any atom is -0.494 e. The molecule has 0 bridgehead atoms. The van der Waals surface area contributed by atoms with Crippen LogP contribution < -0.4 is 4.74 Å². The van der Waals surface area contributed by atoms with E-state index >= 15 is 0 Å². The zero-order valence-electron chi connectivity index (χ0n) is 18.8. The van der Waals surface area contributed by atoms with Gasteiger partial charge in [-0.05, 0) is 70.5 Å². The quantitative estimate of drug-likeness (QED) is 0.307. The minimum atomic E-state index is 0.619. The van der Waals surface area contributed by atoms with Crippen LogP contribution in [0.3, 0.4) is 0 Å². The molecule has 3 nitrogen and oxygen atoms in total. The van der Waals surface area contributed by atoms with Crippen molar-refractivity contribution in [3.63, 3.8) is 0 Å². The number of hydrogen-bond acceptors (Lipinski definition) is 3. The molecule has 0 aliphatic heterocycles. The summed E-state index contributed by atoms with van der Waals surface area (Å²) < 4.78 is 5.96. The van der Waals surface area contributed by atoms with Crippen molar-refractivity contribution in [2.75, 3.05) is 6.61 Å². The Morgan fingerprint density at radius 3 is 2.23 bits per heavy atom. The van der Waals surface area contributed by atoms with E-state index in [1.54, 1.807) is 6.07 Å². The van der Waals surface area contributed by atoms with E-state index in [0.29, 0.717) is 23.7 Å². The van der Waals surface area contributed by atoms with Gasteiger partial charge in [-0.2, -0.15) is 0 Å². The molecule has 0 heterocycles. The average molecular weight is 417 g/mol. The fraction of sp³-hybridized carbons (Fsp3) is 0.357. The summed E-state index contributed by atoms with van der Waals surface area (Å²) in [6.45, 7) is 7.56. The summed E-state index contributed by atoms with van der Waals surface area (Å²) in [4.78, 5) is 22.6. The first-order valence-electron chi connectivity index (χ1n) is 11.2. The van der Waals surface area contributed by atoms with Crippen molar-refractivity contribution in [2.24, 2.45) is 11.8 Å². The van der Waals surface area contributed by atoms with Crippen molar-refractivity contribution in [2.45, 2.75) is 46.5 Å². The lowest BCUT2D eigenvalue weighted by Crippen LogP contribution is -2.04. The maximum atomic E-state index is 11.4. The first-order chi connectivity index (χ1) is 15.0. The highest BCUT2D eigenvalue weighted by atomic mass is 16.5. The lowest BCUT2D eigenvalue weighted by molar-refractivity contribution is 0.111. The van der Waals surface area contributed by atoms with Gasteiger partial charge in [-0.1, -0.05) is 64.3 Å². The number of carbonyl (C=O) groups is 2. The van der Waals surface area contributed by atoms with Crippen molar-refractivity contribution in [1.29, 1.82) is 0 Å². The summed E-state index contributed by atoms with van der Waals surface area (Å²) in [6, 6.07) is 17.2. The molecule has 0 saturated carbocycles. The molecule has 0 aliphatic carbocycles. The van der Waals surface area contributed by atoms with Crippen LogP contribution in [0.15, 0.2) is 54.6 Å². The van der Waals surface area contributed by atoms with Gasteiger partial charge in [0.25, 0.3) is 0 Å². The Labute approximate surface area is 185 Å². The summed E-state index contributed by atoms with van der Waals surface area (Å²) in [6.07, 6.45) is 6.59. The van der Waals surface area contributed by atoms with Gasteiger partial charge in [0, 0.05) is 11.1 Å². The van der Waals surface area contributed by atoms with E-state index in [-0.39, 0.29) is 0 Å². The summed E-state index contributed by atoms with van der Waals surface area (Å²) in [5, 5.41) is 1.90. The fourth-order valence-electron chi connectivity index (χ4n) is 3.91. The second kappa shape index (κ2) is 10.9. The van der Waals surface area contributed by atoms with E-state index in [0.717, 1.165) is 52.6 Å². The van der Waals surface area contributed by atoms with Crippen molar-refractivity contribution in [3.05, 3.63) is 65.7 Å². The number of benzene rings is 3. The zero-order chi connectivity index (χ0) is 22.2. The Morgan fingerprint density at radius 2 is 1.55 bits per heavy atom.